The van der Waals surface area contributed by atoms with Gasteiger partial charge in [-0.2, -0.15) is 0 Å². The van der Waals surface area contributed by atoms with Gasteiger partial charge in [0.05, 0.1) is 13.1 Å². The Labute approximate surface area is 192 Å². The van der Waals surface area contributed by atoms with Gasteiger partial charge in [-0.25, -0.2) is 0 Å². The lowest BCUT2D eigenvalue weighted by molar-refractivity contribution is -0.906. The van der Waals surface area contributed by atoms with Crippen LogP contribution in [0, 0.1) is 12.3 Å². The second kappa shape index (κ2) is 22.8. The number of terminal acetylenes is 1. The zero-order valence-electron chi connectivity index (χ0n) is 18.4. The van der Waals surface area contributed by atoms with Crippen LogP contribution in [0.1, 0.15) is 117 Å². The Balaban J connectivity index is 0. The second-order valence-electron chi connectivity index (χ2n) is 8.22. The summed E-state index contributed by atoms with van der Waals surface area (Å²) in [6.45, 7) is 8.09. The Morgan fingerprint density at radius 1 is 0.630 bits per heavy atom. The van der Waals surface area contributed by atoms with E-state index in [0.29, 0.717) is 0 Å². The average molecular weight is 512 g/mol. The maximum Gasteiger partial charge on any atom is 0.141 e. The van der Waals surface area contributed by atoms with E-state index >= 15 is 0 Å². The lowest BCUT2D eigenvalue weighted by Gasteiger charge is -2.35. The molecule has 3 heteroatoms. The number of unbranched alkanes of at least 4 members (excludes halogenated alkanes) is 14. The SMILES string of the molecule is C#CC[N+](CI)(CCCCCCCCCC)CCCCCCCCCC.[Cl-]. The van der Waals surface area contributed by atoms with Crippen LogP contribution in [0.25, 0.3) is 0 Å². The van der Waals surface area contributed by atoms with Gasteiger partial charge >= 0.3 is 0 Å². The highest BCUT2D eigenvalue weighted by Gasteiger charge is 2.23. The van der Waals surface area contributed by atoms with Gasteiger partial charge in [-0.05, 0) is 54.2 Å². The standard InChI is InChI=1S/C24H47IN.ClH/c1-4-7-9-11-13-15-17-19-22-26(24-25,21-6-3)23-20-18-16-14-12-10-8-5-2;/h3H,4-5,7-24H2,1-2H3;1H/q+1;/p-1. The van der Waals surface area contributed by atoms with Crippen LogP contribution in [0.4, 0.5) is 0 Å². The monoisotopic (exact) mass is 511 g/mol. The van der Waals surface area contributed by atoms with Crippen molar-refractivity contribution in [3.8, 4) is 12.3 Å². The summed E-state index contributed by atoms with van der Waals surface area (Å²) < 4.78 is 2.33. The molecule has 162 valence electrons. The molecule has 1 nitrogen and oxygen atoms in total. The summed E-state index contributed by atoms with van der Waals surface area (Å²) in [5.41, 5.74) is 0. The molecule has 27 heavy (non-hydrogen) atoms. The minimum Gasteiger partial charge on any atom is -1.00 e. The third kappa shape index (κ3) is 18.3. The topological polar surface area (TPSA) is 0 Å². The molecule has 0 aromatic rings. The number of halogens is 2. The Morgan fingerprint density at radius 3 is 1.26 bits per heavy atom. The van der Waals surface area contributed by atoms with Gasteiger partial charge < -0.3 is 16.9 Å². The van der Waals surface area contributed by atoms with Gasteiger partial charge in [-0.15, -0.1) is 6.42 Å². The molecule has 0 unspecified atom stereocenters. The molecule has 0 aromatic heterocycles. The van der Waals surface area contributed by atoms with Crippen LogP contribution in [0.3, 0.4) is 0 Å². The maximum absolute atomic E-state index is 5.72. The van der Waals surface area contributed by atoms with Crippen molar-refractivity contribution in [2.75, 3.05) is 24.2 Å². The van der Waals surface area contributed by atoms with Gasteiger partial charge in [-0.1, -0.05) is 90.9 Å². The van der Waals surface area contributed by atoms with E-state index in [1.54, 1.807) is 0 Å². The van der Waals surface area contributed by atoms with Crippen molar-refractivity contribution in [3.63, 3.8) is 0 Å². The Morgan fingerprint density at radius 2 is 0.963 bits per heavy atom. The van der Waals surface area contributed by atoms with Crippen molar-refractivity contribution in [2.24, 2.45) is 0 Å². The molecule has 0 N–H and O–H groups in total. The van der Waals surface area contributed by atoms with Crippen molar-refractivity contribution in [1.82, 2.24) is 0 Å². The molecule has 0 atom stereocenters. The molecular weight excluding hydrogens is 465 g/mol. The lowest BCUT2D eigenvalue weighted by atomic mass is 10.1. The molecule has 0 spiro atoms. The van der Waals surface area contributed by atoms with E-state index in [2.05, 4.69) is 42.4 Å². The Kier molecular flexibility index (Phi) is 25.1. The van der Waals surface area contributed by atoms with Crippen molar-refractivity contribution >= 4 is 22.6 Å². The molecule has 0 bridgehead atoms. The third-order valence-corrected chi connectivity index (χ3v) is 7.10. The van der Waals surface area contributed by atoms with E-state index in [-0.39, 0.29) is 12.4 Å². The molecular formula is C24H47ClIN. The van der Waals surface area contributed by atoms with Crippen LogP contribution in [0.2, 0.25) is 0 Å². The molecule has 0 saturated carbocycles. The minimum absolute atomic E-state index is 0. The van der Waals surface area contributed by atoms with E-state index in [4.69, 9.17) is 6.42 Å². The van der Waals surface area contributed by atoms with Crippen molar-refractivity contribution in [2.45, 2.75) is 117 Å². The van der Waals surface area contributed by atoms with Gasteiger partial charge in [0.1, 0.15) is 11.1 Å². The minimum atomic E-state index is 0. The molecule has 0 aliphatic carbocycles. The van der Waals surface area contributed by atoms with Crippen LogP contribution in [0.15, 0.2) is 0 Å². The van der Waals surface area contributed by atoms with Gasteiger partial charge in [0, 0.05) is 0 Å². The first kappa shape index (κ1) is 29.7. The van der Waals surface area contributed by atoms with E-state index in [0.717, 1.165) is 11.0 Å². The fourth-order valence-corrected chi connectivity index (χ4v) is 4.71. The molecule has 0 radical (unpaired) electrons. The van der Waals surface area contributed by atoms with Gasteiger partial charge in [0.25, 0.3) is 0 Å². The fraction of sp³-hybridized carbons (Fsp3) is 0.917. The van der Waals surface area contributed by atoms with E-state index in [1.807, 2.05) is 0 Å². The number of hydrogen-bond acceptors (Lipinski definition) is 0. The van der Waals surface area contributed by atoms with Crippen LogP contribution in [-0.2, 0) is 0 Å². The highest BCUT2D eigenvalue weighted by atomic mass is 127. The summed E-state index contributed by atoms with van der Waals surface area (Å²) in [5, 5.41) is 0. The van der Waals surface area contributed by atoms with Crippen molar-refractivity contribution < 1.29 is 16.9 Å². The van der Waals surface area contributed by atoms with Gasteiger partial charge in [0.2, 0.25) is 0 Å². The van der Waals surface area contributed by atoms with Crippen LogP contribution < -0.4 is 12.4 Å². The molecule has 0 aromatic carbocycles. The van der Waals surface area contributed by atoms with E-state index < -0.39 is 0 Å². The van der Waals surface area contributed by atoms with Crippen LogP contribution in [0.5, 0.6) is 0 Å². The molecule has 0 saturated heterocycles. The second-order valence-corrected chi connectivity index (χ2v) is 8.90. The molecule has 0 heterocycles. The Hall–Kier alpha value is 0.540. The molecule has 0 amide bonds. The summed E-state index contributed by atoms with van der Waals surface area (Å²) in [4.78, 5) is 0. The highest BCUT2D eigenvalue weighted by molar-refractivity contribution is 14.1. The zero-order valence-corrected chi connectivity index (χ0v) is 21.3. The molecule has 0 rings (SSSR count). The number of quaternary nitrogens is 1. The summed E-state index contributed by atoms with van der Waals surface area (Å²) in [6, 6.07) is 0. The summed E-state index contributed by atoms with van der Waals surface area (Å²) in [7, 11) is 0. The number of nitrogens with zero attached hydrogens (tertiary/aromatic N) is 1. The number of rotatable bonds is 20. The predicted molar refractivity (Wildman–Crippen MR) is 128 cm³/mol. The zero-order chi connectivity index (χ0) is 19.3. The number of hydrogen-bond donors (Lipinski definition) is 0. The quantitative estimate of drug-likeness (QED) is 0.0532. The van der Waals surface area contributed by atoms with Crippen LogP contribution >= 0.6 is 22.6 Å². The highest BCUT2D eigenvalue weighted by Crippen LogP contribution is 2.18. The van der Waals surface area contributed by atoms with Crippen LogP contribution in [-0.4, -0.2) is 28.7 Å². The number of alkyl halides is 1. The largest absolute Gasteiger partial charge is 1.00 e. The first-order valence-electron chi connectivity index (χ1n) is 11.6. The summed E-state index contributed by atoms with van der Waals surface area (Å²) in [5.74, 6) is 2.98. The smallest absolute Gasteiger partial charge is 0.141 e. The molecule has 0 fully saturated rings. The van der Waals surface area contributed by atoms with Crippen molar-refractivity contribution in [3.05, 3.63) is 0 Å². The van der Waals surface area contributed by atoms with Gasteiger partial charge in [0.15, 0.2) is 0 Å². The predicted octanol–water partition coefficient (Wildman–Crippen LogP) is 5.11. The molecule has 0 aliphatic rings. The summed E-state index contributed by atoms with van der Waals surface area (Å²) in [6.07, 6.45) is 28.2. The third-order valence-electron chi connectivity index (χ3n) is 5.65. The lowest BCUT2D eigenvalue weighted by Crippen LogP contribution is -3.00. The first-order valence-corrected chi connectivity index (χ1v) is 13.1. The normalized spacial score (nSPS) is 11.2. The maximum atomic E-state index is 5.72. The van der Waals surface area contributed by atoms with E-state index in [9.17, 15) is 0 Å². The fourth-order valence-electron chi connectivity index (χ4n) is 3.79. The summed E-state index contributed by atoms with van der Waals surface area (Å²) >= 11 is 2.57. The first-order chi connectivity index (χ1) is 12.7. The van der Waals surface area contributed by atoms with E-state index in [1.165, 1.54) is 120 Å². The molecule has 0 aliphatic heterocycles. The Bertz CT molecular complexity index is 307. The van der Waals surface area contributed by atoms with Crippen molar-refractivity contribution in [1.29, 1.82) is 0 Å². The average Bonchev–Trinajstić information content (AvgIpc) is 2.66. The van der Waals surface area contributed by atoms with Gasteiger partial charge in [-0.3, -0.25) is 0 Å².